The summed E-state index contributed by atoms with van der Waals surface area (Å²) in [6.07, 6.45) is 7.16. The van der Waals surface area contributed by atoms with Crippen molar-refractivity contribution in [3.8, 4) is 0 Å². The topological polar surface area (TPSA) is 20.2 Å². The molecule has 2 rings (SSSR count). The van der Waals surface area contributed by atoms with Gasteiger partial charge in [0, 0.05) is 0 Å². The molecule has 100 valence electrons. The highest BCUT2D eigenvalue weighted by molar-refractivity contribution is 6.31. The number of hydrogen-bond acceptors (Lipinski definition) is 1. The van der Waals surface area contributed by atoms with Crippen LogP contribution in [0, 0.1) is 11.7 Å². The highest BCUT2D eigenvalue weighted by Gasteiger charge is 2.17. The van der Waals surface area contributed by atoms with E-state index in [1.54, 1.807) is 12.1 Å². The van der Waals surface area contributed by atoms with Crippen LogP contribution in [0.25, 0.3) is 0 Å². The van der Waals surface area contributed by atoms with Crippen LogP contribution in [0.5, 0.6) is 0 Å². The van der Waals surface area contributed by atoms with Gasteiger partial charge in [0.25, 0.3) is 0 Å². The van der Waals surface area contributed by atoms with E-state index in [0.29, 0.717) is 12.0 Å². The molecule has 1 aromatic rings. The number of aliphatic hydroxyl groups is 1. The lowest BCUT2D eigenvalue weighted by molar-refractivity contribution is 0.155. The number of hydrogen-bond donors (Lipinski definition) is 1. The van der Waals surface area contributed by atoms with E-state index in [-0.39, 0.29) is 5.02 Å². The molecule has 3 heteroatoms. The second-order valence-electron chi connectivity index (χ2n) is 5.30. The molecule has 1 fully saturated rings. The fourth-order valence-corrected chi connectivity index (χ4v) is 2.99. The molecule has 1 atom stereocenters. The Morgan fingerprint density at radius 2 is 2.06 bits per heavy atom. The Morgan fingerprint density at radius 3 is 2.78 bits per heavy atom. The molecule has 18 heavy (non-hydrogen) atoms. The van der Waals surface area contributed by atoms with Gasteiger partial charge in [-0.05, 0) is 36.8 Å². The average molecular weight is 271 g/mol. The molecule has 0 radical (unpaired) electrons. The Hall–Kier alpha value is -0.600. The van der Waals surface area contributed by atoms with Crippen LogP contribution < -0.4 is 0 Å². The van der Waals surface area contributed by atoms with Crippen LogP contribution in [0.1, 0.15) is 44.1 Å². The molecular formula is C15H20ClFO. The fourth-order valence-electron chi connectivity index (χ4n) is 2.79. The fraction of sp³-hybridized carbons (Fsp3) is 0.600. The second-order valence-corrected chi connectivity index (χ2v) is 5.68. The maximum Gasteiger partial charge on any atom is 0.142 e. The minimum Gasteiger partial charge on any atom is -0.393 e. The summed E-state index contributed by atoms with van der Waals surface area (Å²) in [5.74, 6) is 0.375. The van der Waals surface area contributed by atoms with Crippen LogP contribution >= 0.6 is 11.6 Å². The minimum absolute atomic E-state index is 0.150. The molecule has 1 aliphatic rings. The summed E-state index contributed by atoms with van der Waals surface area (Å²) in [5.41, 5.74) is 0.704. The van der Waals surface area contributed by atoms with E-state index < -0.39 is 11.9 Å². The Balaban J connectivity index is 1.82. The Morgan fingerprint density at radius 1 is 1.33 bits per heavy atom. The maximum atomic E-state index is 13.2. The lowest BCUT2D eigenvalue weighted by atomic mass is 9.96. The first kappa shape index (κ1) is 13.8. The number of benzene rings is 1. The molecule has 1 N–H and O–H groups in total. The van der Waals surface area contributed by atoms with Crippen molar-refractivity contribution in [3.05, 3.63) is 34.6 Å². The van der Waals surface area contributed by atoms with E-state index in [2.05, 4.69) is 0 Å². The molecule has 1 nitrogen and oxygen atoms in total. The van der Waals surface area contributed by atoms with Crippen molar-refractivity contribution in [1.82, 2.24) is 0 Å². The number of rotatable bonds is 5. The Bertz CT molecular complexity index is 388. The molecule has 0 bridgehead atoms. The van der Waals surface area contributed by atoms with Gasteiger partial charge in [0.05, 0.1) is 11.1 Å². The van der Waals surface area contributed by atoms with Crippen LogP contribution in [0.2, 0.25) is 5.02 Å². The van der Waals surface area contributed by atoms with Gasteiger partial charge in [0.2, 0.25) is 0 Å². The lowest BCUT2D eigenvalue weighted by Gasteiger charge is -2.14. The van der Waals surface area contributed by atoms with E-state index in [1.165, 1.54) is 31.7 Å². The zero-order chi connectivity index (χ0) is 13.0. The van der Waals surface area contributed by atoms with Crippen LogP contribution in [0.15, 0.2) is 18.2 Å². The summed E-state index contributed by atoms with van der Waals surface area (Å²) in [5, 5.41) is 10.1. The highest BCUT2D eigenvalue weighted by atomic mass is 35.5. The van der Waals surface area contributed by atoms with Crippen molar-refractivity contribution in [2.24, 2.45) is 5.92 Å². The molecule has 1 unspecified atom stereocenters. The third-order valence-corrected chi connectivity index (χ3v) is 4.29. The van der Waals surface area contributed by atoms with E-state index in [0.717, 1.165) is 18.8 Å². The minimum atomic E-state index is -0.412. The maximum absolute atomic E-state index is 13.2. The summed E-state index contributed by atoms with van der Waals surface area (Å²) < 4.78 is 13.2. The molecule has 0 spiro atoms. The van der Waals surface area contributed by atoms with Crippen LogP contribution in [0.3, 0.4) is 0 Å². The van der Waals surface area contributed by atoms with Crippen molar-refractivity contribution in [2.45, 2.75) is 51.0 Å². The van der Waals surface area contributed by atoms with E-state index in [4.69, 9.17) is 11.6 Å². The SMILES string of the molecule is OC(CCC1CCCC1)Cc1cccc(F)c1Cl. The normalized spacial score (nSPS) is 18.2. The van der Waals surface area contributed by atoms with Gasteiger partial charge in [0.1, 0.15) is 5.82 Å². The monoisotopic (exact) mass is 270 g/mol. The van der Waals surface area contributed by atoms with E-state index >= 15 is 0 Å². The van der Waals surface area contributed by atoms with Crippen LogP contribution in [-0.2, 0) is 6.42 Å². The predicted octanol–water partition coefficient (Wildman–Crippen LogP) is 4.35. The van der Waals surface area contributed by atoms with E-state index in [9.17, 15) is 9.50 Å². The Kier molecular flexibility index (Phi) is 5.02. The predicted molar refractivity (Wildman–Crippen MR) is 72.3 cm³/mol. The first-order valence-corrected chi connectivity index (χ1v) is 7.15. The molecule has 0 aliphatic heterocycles. The van der Waals surface area contributed by atoms with Crippen LogP contribution in [-0.4, -0.2) is 11.2 Å². The van der Waals surface area contributed by atoms with Gasteiger partial charge in [-0.1, -0.05) is 49.4 Å². The molecule has 0 amide bonds. The summed E-state index contributed by atoms with van der Waals surface area (Å²) in [4.78, 5) is 0. The standard InChI is InChI=1S/C15H20ClFO/c16-15-12(6-3-7-14(15)17)10-13(18)9-8-11-4-1-2-5-11/h3,6-7,11,13,18H,1-2,4-5,8-10H2. The lowest BCUT2D eigenvalue weighted by Crippen LogP contribution is -2.12. The Labute approximate surface area is 113 Å². The van der Waals surface area contributed by atoms with Crippen LogP contribution in [0.4, 0.5) is 4.39 Å². The van der Waals surface area contributed by atoms with Crippen molar-refractivity contribution in [1.29, 1.82) is 0 Å². The summed E-state index contributed by atoms with van der Waals surface area (Å²) >= 11 is 5.88. The molecule has 1 saturated carbocycles. The quantitative estimate of drug-likeness (QED) is 0.843. The molecule has 0 aromatic heterocycles. The van der Waals surface area contributed by atoms with Gasteiger partial charge in [0.15, 0.2) is 0 Å². The number of halogens is 2. The smallest absolute Gasteiger partial charge is 0.142 e. The average Bonchev–Trinajstić information content (AvgIpc) is 2.86. The van der Waals surface area contributed by atoms with Crippen molar-refractivity contribution < 1.29 is 9.50 Å². The van der Waals surface area contributed by atoms with Gasteiger partial charge in [-0.3, -0.25) is 0 Å². The molecule has 0 saturated heterocycles. The third-order valence-electron chi connectivity index (χ3n) is 3.87. The second kappa shape index (κ2) is 6.53. The molecule has 1 aromatic carbocycles. The molecule has 1 aliphatic carbocycles. The molecular weight excluding hydrogens is 251 g/mol. The highest BCUT2D eigenvalue weighted by Crippen LogP contribution is 2.29. The first-order valence-electron chi connectivity index (χ1n) is 6.77. The summed E-state index contributed by atoms with van der Waals surface area (Å²) in [6.45, 7) is 0. The van der Waals surface area contributed by atoms with Crippen molar-refractivity contribution in [3.63, 3.8) is 0 Å². The van der Waals surface area contributed by atoms with Crippen molar-refractivity contribution >= 4 is 11.6 Å². The van der Waals surface area contributed by atoms with Gasteiger partial charge < -0.3 is 5.11 Å². The largest absolute Gasteiger partial charge is 0.393 e. The first-order chi connectivity index (χ1) is 8.66. The third kappa shape index (κ3) is 3.69. The zero-order valence-electron chi connectivity index (χ0n) is 10.5. The number of aliphatic hydroxyl groups excluding tert-OH is 1. The van der Waals surface area contributed by atoms with Gasteiger partial charge >= 0.3 is 0 Å². The van der Waals surface area contributed by atoms with Gasteiger partial charge in [-0.25, -0.2) is 4.39 Å². The van der Waals surface area contributed by atoms with Gasteiger partial charge in [-0.2, -0.15) is 0 Å². The summed E-state index contributed by atoms with van der Waals surface area (Å²) in [7, 11) is 0. The zero-order valence-corrected chi connectivity index (χ0v) is 11.3. The molecule has 0 heterocycles. The van der Waals surface area contributed by atoms with Crippen molar-refractivity contribution in [2.75, 3.05) is 0 Å². The van der Waals surface area contributed by atoms with E-state index in [1.807, 2.05) is 0 Å². The summed E-state index contributed by atoms with van der Waals surface area (Å²) in [6, 6.07) is 4.77. The van der Waals surface area contributed by atoms with Gasteiger partial charge in [-0.15, -0.1) is 0 Å².